The van der Waals surface area contributed by atoms with Crippen LogP contribution in [0.2, 0.25) is 0 Å². The van der Waals surface area contributed by atoms with Gasteiger partial charge in [0.05, 0.1) is 32.0 Å². The standard InChI is InChI=1S/C74H120ClF3N12O12/c1-11-12-16-30-54-67(97)84(6)46-62(93)82(4)47-63(94)86(8)58(43-49-26-17-13-18-27-49)69(99)83(5)45-60(91)79-55(35-33-50-32-34-52(53(75)42-50)74(76,77)78)68(98)90-40-25-31-56(90)66(96)81-73(36-21-22-37-73)72(102)88(10)64(51-28-19-14-20-29-51)71(101)87(9)59(70(100)89-38-23-15-24-39-89)44-61(92)85(7)57(41-48(2)3)65(95)80-54/h48-59,64H,11-47H2,1-10H3,(H,79,91)(H,80,95)(H,81,96)/t50?,52?,53?,54-,55-,56-,57-,58-,59-,64-/m0/s1. The van der Waals surface area contributed by atoms with Gasteiger partial charge in [-0.05, 0) is 133 Å². The third kappa shape index (κ3) is 21.7. The number of piperidine rings is 1. The molecule has 3 saturated heterocycles. The van der Waals surface area contributed by atoms with Gasteiger partial charge in [0.1, 0.15) is 47.8 Å². The van der Waals surface area contributed by atoms with Crippen LogP contribution < -0.4 is 16.0 Å². The summed E-state index contributed by atoms with van der Waals surface area (Å²) in [6.07, 6.45) is 9.82. The van der Waals surface area contributed by atoms with Gasteiger partial charge in [0.2, 0.25) is 70.9 Å². The number of amides is 12. The van der Waals surface area contributed by atoms with Crippen molar-refractivity contribution in [2.24, 2.45) is 29.6 Å². The number of rotatable bonds is 13. The topological polar surface area (TPSA) is 270 Å². The second-order valence-corrected chi connectivity index (χ2v) is 32.0. The zero-order valence-electron chi connectivity index (χ0n) is 62.6. The predicted octanol–water partition coefficient (Wildman–Crippen LogP) is 7.02. The van der Waals surface area contributed by atoms with Gasteiger partial charge in [0.15, 0.2) is 0 Å². The number of unbranched alkanes of at least 4 members (excludes halogenated alkanes) is 2. The Hall–Kier alpha value is -6.28. The average Bonchev–Trinajstić information content (AvgIpc) is 1.49. The molecule has 4 aliphatic carbocycles. The van der Waals surface area contributed by atoms with Crippen molar-refractivity contribution in [1.82, 2.24) is 60.0 Å². The Bertz CT molecular complexity index is 2920. The predicted molar refractivity (Wildman–Crippen MR) is 379 cm³/mol. The molecule has 3 N–H and O–H groups in total. The van der Waals surface area contributed by atoms with Crippen LogP contribution in [-0.4, -0.2) is 263 Å². The maximum Gasteiger partial charge on any atom is 0.393 e. The van der Waals surface area contributed by atoms with Crippen LogP contribution in [0.25, 0.3) is 0 Å². The van der Waals surface area contributed by atoms with Gasteiger partial charge in [-0.3, -0.25) is 57.5 Å². The van der Waals surface area contributed by atoms with E-state index in [1.807, 2.05) is 20.8 Å². The highest BCUT2D eigenvalue weighted by Gasteiger charge is 2.52. The number of likely N-dealkylation sites (N-methyl/N-ethyl adjacent to an activating group) is 7. The van der Waals surface area contributed by atoms with Crippen molar-refractivity contribution in [3.8, 4) is 0 Å². The van der Waals surface area contributed by atoms with E-state index in [4.69, 9.17) is 11.6 Å². The molecule has 28 heteroatoms. The van der Waals surface area contributed by atoms with Crippen LogP contribution in [0.1, 0.15) is 220 Å². The molecular weight excluding hydrogens is 1340 g/mol. The minimum absolute atomic E-state index is 0.00391. The van der Waals surface area contributed by atoms with Crippen LogP contribution in [0.3, 0.4) is 0 Å². The summed E-state index contributed by atoms with van der Waals surface area (Å²) in [5.74, 6) is -9.90. The fourth-order valence-corrected chi connectivity index (χ4v) is 17.6. The van der Waals surface area contributed by atoms with E-state index in [2.05, 4.69) is 16.0 Å². The Balaban J connectivity index is 1.28. The van der Waals surface area contributed by atoms with Gasteiger partial charge in [0.25, 0.3) is 0 Å². The Kier molecular flexibility index (Phi) is 31.0. The zero-order valence-corrected chi connectivity index (χ0v) is 63.4. The molecule has 12 amide bonds. The zero-order chi connectivity index (χ0) is 74.9. The van der Waals surface area contributed by atoms with Crippen LogP contribution in [-0.2, 0) is 57.5 Å². The summed E-state index contributed by atoms with van der Waals surface area (Å²) in [7, 11) is 10.2. The monoisotopic (exact) mass is 1460 g/mol. The molecule has 3 heterocycles. The molecule has 0 aromatic rings. The summed E-state index contributed by atoms with van der Waals surface area (Å²) in [6, 6.07) is -8.45. The lowest BCUT2D eigenvalue weighted by molar-refractivity contribution is -0.182. The molecule has 3 aliphatic heterocycles. The summed E-state index contributed by atoms with van der Waals surface area (Å²) >= 11 is 6.42. The normalized spacial score (nSPS) is 29.4. The molecule has 7 rings (SSSR count). The van der Waals surface area contributed by atoms with Crippen LogP contribution in [0.15, 0.2) is 0 Å². The molecule has 7 aliphatic rings. The van der Waals surface area contributed by atoms with E-state index >= 15 is 28.8 Å². The van der Waals surface area contributed by atoms with E-state index in [-0.39, 0.29) is 101 Å². The second kappa shape index (κ2) is 38.1. The molecule has 3 unspecified atom stereocenters. The first-order valence-corrected chi connectivity index (χ1v) is 38.7. The molecule has 4 saturated carbocycles. The Morgan fingerprint density at radius 2 is 1.16 bits per heavy atom. The molecular formula is C74H120ClF3N12O12. The van der Waals surface area contributed by atoms with Gasteiger partial charge in [-0.15, -0.1) is 11.6 Å². The number of carbonyl (C=O) groups excluding carboxylic acids is 12. The molecule has 24 nitrogen and oxygen atoms in total. The minimum atomic E-state index is -4.51. The van der Waals surface area contributed by atoms with Crippen LogP contribution in [0.4, 0.5) is 13.2 Å². The van der Waals surface area contributed by atoms with Gasteiger partial charge in [-0.2, -0.15) is 13.2 Å². The van der Waals surface area contributed by atoms with E-state index in [1.54, 1.807) is 11.9 Å². The third-order valence-corrected chi connectivity index (χ3v) is 23.9. The van der Waals surface area contributed by atoms with Gasteiger partial charge in [0, 0.05) is 74.3 Å². The van der Waals surface area contributed by atoms with Crippen molar-refractivity contribution in [2.45, 2.75) is 279 Å². The van der Waals surface area contributed by atoms with Gasteiger partial charge < -0.3 is 60.0 Å². The summed E-state index contributed by atoms with van der Waals surface area (Å²) in [6.45, 7) is 5.00. The Labute approximate surface area is 608 Å². The molecule has 0 bridgehead atoms. The number of nitrogens with zero attached hydrogens (tertiary/aromatic N) is 9. The second-order valence-electron chi connectivity index (χ2n) is 31.4. The number of hydrogen-bond acceptors (Lipinski definition) is 12. The molecule has 576 valence electrons. The molecule has 0 aromatic heterocycles. The first-order valence-electron chi connectivity index (χ1n) is 38.3. The number of alkyl halides is 4. The first-order chi connectivity index (χ1) is 48.3. The summed E-state index contributed by atoms with van der Waals surface area (Å²) in [5, 5.41) is 7.67. The number of halogens is 4. The van der Waals surface area contributed by atoms with Crippen molar-refractivity contribution in [3.05, 3.63) is 0 Å². The fraction of sp³-hybridized carbons (Fsp3) is 0.838. The van der Waals surface area contributed by atoms with E-state index in [1.165, 1.54) is 76.6 Å². The van der Waals surface area contributed by atoms with Crippen LogP contribution in [0, 0.1) is 29.6 Å². The summed E-state index contributed by atoms with van der Waals surface area (Å²) in [5.41, 5.74) is -1.55. The van der Waals surface area contributed by atoms with Gasteiger partial charge >= 0.3 is 6.18 Å². The Morgan fingerprint density at radius 1 is 0.559 bits per heavy atom. The van der Waals surface area contributed by atoms with E-state index in [9.17, 15) is 41.9 Å². The van der Waals surface area contributed by atoms with E-state index in [0.29, 0.717) is 70.9 Å². The lowest BCUT2D eigenvalue weighted by Gasteiger charge is -2.43. The summed E-state index contributed by atoms with van der Waals surface area (Å²) < 4.78 is 42.1. The Morgan fingerprint density at radius 3 is 1.77 bits per heavy atom. The average molecular weight is 1460 g/mol. The fourth-order valence-electron chi connectivity index (χ4n) is 17.0. The number of hydrogen-bond donors (Lipinski definition) is 3. The number of carbonyl (C=O) groups is 12. The molecule has 10 atom stereocenters. The smallest absolute Gasteiger partial charge is 0.343 e. The van der Waals surface area contributed by atoms with Crippen molar-refractivity contribution in [3.63, 3.8) is 0 Å². The molecule has 1 spiro atoms. The molecule has 102 heavy (non-hydrogen) atoms. The SMILES string of the molecule is CCCCC[C@@H]1NC(=O)[C@H](CC(C)C)N(C)C(=O)C[C@@H](C(=O)N2CCCCC2)N(C)C(=O)[C@H](C2CCCCC2)N(C)C(=O)C2(CCCC2)NC(=O)[C@@H]2CCCN2C(=O)[C@H](CCC2CCC(C(F)(F)F)C(Cl)C2)NC(=O)CN(C)C(=O)[C@H](CC2CCCCC2)N(C)C(=O)CN(C)C(=O)CN(C)C1=O. The highest BCUT2D eigenvalue weighted by Crippen LogP contribution is 2.44. The maximum atomic E-state index is 15.8. The summed E-state index contributed by atoms with van der Waals surface area (Å²) in [4.78, 5) is 192. The molecule has 0 radical (unpaired) electrons. The lowest BCUT2D eigenvalue weighted by atomic mass is 9.78. The minimum Gasteiger partial charge on any atom is -0.343 e. The largest absolute Gasteiger partial charge is 0.393 e. The molecule has 0 aromatic carbocycles. The van der Waals surface area contributed by atoms with E-state index in [0.717, 1.165) is 69.1 Å². The van der Waals surface area contributed by atoms with Crippen molar-refractivity contribution in [2.75, 3.05) is 88.6 Å². The van der Waals surface area contributed by atoms with Crippen molar-refractivity contribution < 1.29 is 70.7 Å². The van der Waals surface area contributed by atoms with E-state index < -0.39 is 162 Å². The quantitative estimate of drug-likeness (QED) is 0.124. The van der Waals surface area contributed by atoms with Gasteiger partial charge in [-0.25, -0.2) is 0 Å². The van der Waals surface area contributed by atoms with Crippen molar-refractivity contribution in [1.29, 1.82) is 0 Å². The van der Waals surface area contributed by atoms with Gasteiger partial charge in [-0.1, -0.05) is 104 Å². The number of fused-ring (bicyclic) bond motifs is 1. The highest BCUT2D eigenvalue weighted by molar-refractivity contribution is 6.21. The molecule has 7 fully saturated rings. The van der Waals surface area contributed by atoms with Crippen LogP contribution in [0.5, 0.6) is 0 Å². The number of likely N-dealkylation sites (tertiary alicyclic amines) is 1. The van der Waals surface area contributed by atoms with Crippen molar-refractivity contribution >= 4 is 82.5 Å². The number of nitrogens with one attached hydrogen (secondary N) is 3. The lowest BCUT2D eigenvalue weighted by Crippen LogP contribution is -2.65. The first kappa shape index (κ1) is 83.0. The third-order valence-electron chi connectivity index (χ3n) is 23.4. The highest BCUT2D eigenvalue weighted by atomic mass is 35.5. The maximum absolute atomic E-state index is 15.8. The van der Waals surface area contributed by atoms with Crippen LogP contribution >= 0.6 is 11.6 Å².